The van der Waals surface area contributed by atoms with E-state index >= 15 is 0 Å². The van der Waals surface area contributed by atoms with Gasteiger partial charge < -0.3 is 10.4 Å². The highest BCUT2D eigenvalue weighted by Gasteiger charge is 2.12. The molecule has 0 radical (unpaired) electrons. The minimum Gasteiger partial charge on any atom is -0.508 e. The number of fused-ring (bicyclic) bond motifs is 1. The molecule has 100 valence electrons. The van der Waals surface area contributed by atoms with Crippen LogP contribution in [0.4, 0.5) is 5.69 Å². The number of hydrogen-bond acceptors (Lipinski definition) is 3. The number of carbonyl (C=O) groups is 1. The summed E-state index contributed by atoms with van der Waals surface area (Å²) in [6, 6.07) is 10.5. The molecule has 2 aromatic heterocycles. The van der Waals surface area contributed by atoms with E-state index in [4.69, 9.17) is 0 Å². The number of hydrogen-bond donors (Lipinski definition) is 2. The molecular weight excluding hydrogens is 254 g/mol. The average Bonchev–Trinajstić information content (AvgIpc) is 2.87. The SMILES string of the molecule is Cc1cc(NC(=O)c2cnn3ccccc23)ccc1O. The topological polar surface area (TPSA) is 66.6 Å². The molecule has 5 nitrogen and oxygen atoms in total. The number of pyridine rings is 1. The zero-order chi connectivity index (χ0) is 14.1. The van der Waals surface area contributed by atoms with Gasteiger partial charge in [-0.25, -0.2) is 4.52 Å². The van der Waals surface area contributed by atoms with Crippen LogP contribution < -0.4 is 5.32 Å². The summed E-state index contributed by atoms with van der Waals surface area (Å²) in [5.74, 6) is -0.0183. The van der Waals surface area contributed by atoms with Crippen molar-refractivity contribution in [3.8, 4) is 5.75 Å². The first kappa shape index (κ1) is 12.2. The van der Waals surface area contributed by atoms with Gasteiger partial charge in [0.25, 0.3) is 5.91 Å². The number of anilines is 1. The Hall–Kier alpha value is -2.82. The van der Waals surface area contributed by atoms with Crippen LogP contribution in [0.1, 0.15) is 15.9 Å². The highest BCUT2D eigenvalue weighted by atomic mass is 16.3. The number of phenols is 1. The minimum atomic E-state index is -0.226. The Morgan fingerprint density at radius 2 is 2.15 bits per heavy atom. The lowest BCUT2D eigenvalue weighted by Crippen LogP contribution is -2.11. The zero-order valence-electron chi connectivity index (χ0n) is 10.9. The van der Waals surface area contributed by atoms with Crippen molar-refractivity contribution in [3.63, 3.8) is 0 Å². The van der Waals surface area contributed by atoms with Gasteiger partial charge in [0.1, 0.15) is 5.75 Å². The molecule has 0 saturated heterocycles. The lowest BCUT2D eigenvalue weighted by molar-refractivity contribution is 0.102. The van der Waals surface area contributed by atoms with Gasteiger partial charge in [0.05, 0.1) is 17.3 Å². The highest BCUT2D eigenvalue weighted by Crippen LogP contribution is 2.21. The van der Waals surface area contributed by atoms with E-state index in [0.717, 1.165) is 5.52 Å². The number of rotatable bonds is 2. The standard InChI is InChI=1S/C15H13N3O2/c1-10-8-11(5-6-14(10)19)17-15(20)12-9-16-18-7-3-2-4-13(12)18/h2-9,19H,1H3,(H,17,20). The van der Waals surface area contributed by atoms with Crippen molar-refractivity contribution >= 4 is 17.1 Å². The van der Waals surface area contributed by atoms with Crippen molar-refractivity contribution in [2.45, 2.75) is 6.92 Å². The third-order valence-electron chi connectivity index (χ3n) is 3.13. The second-order valence-electron chi connectivity index (χ2n) is 4.54. The van der Waals surface area contributed by atoms with Gasteiger partial charge in [0.15, 0.2) is 0 Å². The molecule has 0 aliphatic heterocycles. The van der Waals surface area contributed by atoms with E-state index < -0.39 is 0 Å². The van der Waals surface area contributed by atoms with E-state index in [9.17, 15) is 9.90 Å². The second-order valence-corrected chi connectivity index (χ2v) is 4.54. The van der Waals surface area contributed by atoms with Gasteiger partial charge in [-0.2, -0.15) is 5.10 Å². The Morgan fingerprint density at radius 3 is 2.95 bits per heavy atom. The molecule has 2 N–H and O–H groups in total. The number of aryl methyl sites for hydroxylation is 1. The van der Waals surface area contributed by atoms with E-state index in [1.807, 2.05) is 18.2 Å². The molecule has 2 heterocycles. The molecule has 0 fully saturated rings. The Balaban J connectivity index is 1.91. The molecule has 0 aliphatic carbocycles. The minimum absolute atomic E-state index is 0.207. The predicted octanol–water partition coefficient (Wildman–Crippen LogP) is 2.60. The van der Waals surface area contributed by atoms with Crippen molar-refractivity contribution in [1.29, 1.82) is 0 Å². The van der Waals surface area contributed by atoms with Crippen molar-refractivity contribution < 1.29 is 9.90 Å². The van der Waals surface area contributed by atoms with Crippen LogP contribution in [0.3, 0.4) is 0 Å². The van der Waals surface area contributed by atoms with Gasteiger partial charge in [0.2, 0.25) is 0 Å². The maximum atomic E-state index is 12.3. The largest absolute Gasteiger partial charge is 0.508 e. The molecule has 0 unspecified atom stereocenters. The number of carbonyl (C=O) groups excluding carboxylic acids is 1. The highest BCUT2D eigenvalue weighted by molar-refractivity contribution is 6.08. The summed E-state index contributed by atoms with van der Waals surface area (Å²) in [6.45, 7) is 1.78. The van der Waals surface area contributed by atoms with E-state index in [1.165, 1.54) is 6.20 Å². The number of aromatic hydroxyl groups is 1. The van der Waals surface area contributed by atoms with E-state index in [2.05, 4.69) is 10.4 Å². The van der Waals surface area contributed by atoms with Crippen LogP contribution in [-0.2, 0) is 0 Å². The maximum absolute atomic E-state index is 12.3. The molecular formula is C15H13N3O2. The summed E-state index contributed by atoms with van der Waals surface area (Å²) >= 11 is 0. The average molecular weight is 267 g/mol. The number of benzene rings is 1. The van der Waals surface area contributed by atoms with Gasteiger partial charge in [-0.15, -0.1) is 0 Å². The van der Waals surface area contributed by atoms with Crippen molar-refractivity contribution in [2.24, 2.45) is 0 Å². The molecule has 20 heavy (non-hydrogen) atoms. The first-order valence-corrected chi connectivity index (χ1v) is 6.18. The molecule has 0 bridgehead atoms. The third kappa shape index (κ3) is 2.09. The van der Waals surface area contributed by atoms with Crippen LogP contribution in [0.2, 0.25) is 0 Å². The second kappa shape index (κ2) is 4.70. The van der Waals surface area contributed by atoms with Crippen LogP contribution in [-0.4, -0.2) is 20.6 Å². The number of amides is 1. The van der Waals surface area contributed by atoms with Crippen LogP contribution in [0.25, 0.3) is 5.52 Å². The van der Waals surface area contributed by atoms with E-state index in [0.29, 0.717) is 16.8 Å². The summed E-state index contributed by atoms with van der Waals surface area (Å²) in [5.41, 5.74) is 2.61. The van der Waals surface area contributed by atoms with Crippen molar-refractivity contribution in [3.05, 3.63) is 59.9 Å². The fraction of sp³-hybridized carbons (Fsp3) is 0.0667. The maximum Gasteiger partial charge on any atom is 0.259 e. The molecule has 1 aromatic carbocycles. The first-order valence-electron chi connectivity index (χ1n) is 6.18. The quantitative estimate of drug-likeness (QED) is 0.701. The Morgan fingerprint density at radius 1 is 1.30 bits per heavy atom. The van der Waals surface area contributed by atoms with Crippen molar-refractivity contribution in [2.75, 3.05) is 5.32 Å². The summed E-state index contributed by atoms with van der Waals surface area (Å²) < 4.78 is 1.65. The fourth-order valence-electron chi connectivity index (χ4n) is 2.04. The summed E-state index contributed by atoms with van der Waals surface area (Å²) in [5, 5.41) is 16.4. The predicted molar refractivity (Wildman–Crippen MR) is 76.0 cm³/mol. The molecule has 1 amide bonds. The Labute approximate surface area is 115 Å². The molecule has 0 spiro atoms. The molecule has 0 saturated carbocycles. The third-order valence-corrected chi connectivity index (χ3v) is 3.13. The van der Waals surface area contributed by atoms with Gasteiger partial charge >= 0.3 is 0 Å². The van der Waals surface area contributed by atoms with E-state index in [-0.39, 0.29) is 11.7 Å². The van der Waals surface area contributed by atoms with Gasteiger partial charge in [-0.05, 0) is 42.8 Å². The first-order chi connectivity index (χ1) is 9.65. The molecule has 5 heteroatoms. The van der Waals surface area contributed by atoms with Gasteiger partial charge in [0, 0.05) is 11.9 Å². The fourth-order valence-corrected chi connectivity index (χ4v) is 2.04. The van der Waals surface area contributed by atoms with Crippen molar-refractivity contribution in [1.82, 2.24) is 9.61 Å². The summed E-state index contributed by atoms with van der Waals surface area (Å²) in [4.78, 5) is 12.3. The monoisotopic (exact) mass is 267 g/mol. The summed E-state index contributed by atoms with van der Waals surface area (Å²) in [6.07, 6.45) is 3.33. The number of nitrogens with one attached hydrogen (secondary N) is 1. The van der Waals surface area contributed by atoms with Crippen LogP contribution in [0.5, 0.6) is 5.75 Å². The molecule has 3 aromatic rings. The summed E-state index contributed by atoms with van der Waals surface area (Å²) in [7, 11) is 0. The van der Waals surface area contributed by atoms with E-state index in [1.54, 1.807) is 35.8 Å². The molecule has 3 rings (SSSR count). The molecule has 0 aliphatic rings. The van der Waals surface area contributed by atoms with Crippen LogP contribution in [0, 0.1) is 6.92 Å². The lowest BCUT2D eigenvalue weighted by Gasteiger charge is -2.06. The zero-order valence-corrected chi connectivity index (χ0v) is 10.9. The Bertz CT molecular complexity index is 793. The van der Waals surface area contributed by atoms with Gasteiger partial charge in [-0.1, -0.05) is 6.07 Å². The number of aromatic nitrogens is 2. The Kier molecular flexibility index (Phi) is 2.87. The smallest absolute Gasteiger partial charge is 0.259 e. The normalized spacial score (nSPS) is 10.7. The number of phenolic OH excluding ortho intramolecular Hbond substituents is 1. The lowest BCUT2D eigenvalue weighted by atomic mass is 10.2. The number of nitrogens with zero attached hydrogens (tertiary/aromatic N) is 2. The van der Waals surface area contributed by atoms with Crippen LogP contribution >= 0.6 is 0 Å². The van der Waals surface area contributed by atoms with Crippen LogP contribution in [0.15, 0.2) is 48.8 Å². The van der Waals surface area contributed by atoms with Gasteiger partial charge in [-0.3, -0.25) is 4.79 Å². The molecule has 0 atom stereocenters.